The minimum absolute atomic E-state index is 0.872. The molecule has 1 heterocycles. The van der Waals surface area contributed by atoms with Gasteiger partial charge in [-0.2, -0.15) is 0 Å². The third kappa shape index (κ3) is 3.15. The fourth-order valence-corrected chi connectivity index (χ4v) is 3.24. The molecule has 0 aliphatic heterocycles. The van der Waals surface area contributed by atoms with Crippen LogP contribution in [0.15, 0.2) is 18.5 Å². The Morgan fingerprint density at radius 2 is 1.81 bits per heavy atom. The van der Waals surface area contributed by atoms with Crippen molar-refractivity contribution in [3.63, 3.8) is 0 Å². The van der Waals surface area contributed by atoms with Crippen LogP contribution in [0.25, 0.3) is 0 Å². The number of rotatable bonds is 5. The molecule has 1 aromatic heterocycles. The van der Waals surface area contributed by atoms with E-state index >= 15 is 0 Å². The summed E-state index contributed by atoms with van der Waals surface area (Å²) in [5.41, 5.74) is 6.69. The molecule has 2 aromatic rings. The van der Waals surface area contributed by atoms with Gasteiger partial charge in [-0.1, -0.05) is 0 Å². The Balaban J connectivity index is 2.63. The third-order valence-corrected chi connectivity index (χ3v) is 4.42. The van der Waals surface area contributed by atoms with Crippen molar-refractivity contribution in [1.82, 2.24) is 9.55 Å². The maximum atomic E-state index is 4.86. The summed E-state index contributed by atoms with van der Waals surface area (Å²) in [7, 11) is 0. The van der Waals surface area contributed by atoms with Gasteiger partial charge in [-0.3, -0.25) is 0 Å². The Labute approximate surface area is 135 Å². The van der Waals surface area contributed by atoms with Crippen molar-refractivity contribution in [3.8, 4) is 4.80 Å². The van der Waals surface area contributed by atoms with Gasteiger partial charge in [0.15, 0.2) is 0 Å². The van der Waals surface area contributed by atoms with Crippen LogP contribution < -0.4 is 0 Å². The average molecular weight is 326 g/mol. The number of hydrogen-bond donors (Lipinski definition) is 0. The molecule has 115 valence electrons. The second-order valence-electron chi connectivity index (χ2n) is 5.27. The molecular weight excluding hydrogens is 303 g/mol. The first kappa shape index (κ1) is 16.1. The molecule has 2 rings (SSSR count). The fraction of sp³-hybridized carbons (Fsp3) is 0.444. The SMILES string of the molecule is CCc1cc(CC)c(Cn2ccnc2C)c(CC)c1[C]#[Ni]. The summed E-state index contributed by atoms with van der Waals surface area (Å²) >= 11 is 4.86. The van der Waals surface area contributed by atoms with E-state index in [1.807, 2.05) is 19.3 Å². The molecule has 0 aliphatic rings. The van der Waals surface area contributed by atoms with E-state index in [4.69, 9.17) is 14.8 Å². The minimum atomic E-state index is 0.872. The summed E-state index contributed by atoms with van der Waals surface area (Å²) in [4.78, 5) is 7.38. The van der Waals surface area contributed by atoms with Crippen molar-refractivity contribution in [2.24, 2.45) is 0 Å². The zero-order valence-electron chi connectivity index (χ0n) is 13.3. The second-order valence-corrected chi connectivity index (χ2v) is 5.52. The molecule has 0 atom stereocenters. The average Bonchev–Trinajstić information content (AvgIpc) is 2.91. The number of imidazole rings is 1. The number of aromatic nitrogens is 2. The Hall–Kier alpha value is -1.30. The van der Waals surface area contributed by atoms with Crippen LogP contribution in [0.5, 0.6) is 0 Å². The van der Waals surface area contributed by atoms with E-state index in [2.05, 4.69) is 41.2 Å². The van der Waals surface area contributed by atoms with Gasteiger partial charge in [0.05, 0.1) is 0 Å². The van der Waals surface area contributed by atoms with Crippen molar-refractivity contribution < 1.29 is 14.8 Å². The van der Waals surface area contributed by atoms with Gasteiger partial charge >= 0.3 is 135 Å². The molecule has 0 saturated carbocycles. The van der Waals surface area contributed by atoms with Crippen molar-refractivity contribution in [3.05, 3.63) is 52.1 Å². The van der Waals surface area contributed by atoms with E-state index in [1.54, 1.807) is 0 Å². The van der Waals surface area contributed by atoms with Crippen LogP contribution in [0.1, 0.15) is 54.4 Å². The summed E-state index contributed by atoms with van der Waals surface area (Å²) in [6.07, 6.45) is 6.96. The predicted molar refractivity (Wildman–Crippen MR) is 83.6 cm³/mol. The van der Waals surface area contributed by atoms with Crippen LogP contribution in [0.3, 0.4) is 0 Å². The number of hydrogen-bond acceptors (Lipinski definition) is 1. The van der Waals surface area contributed by atoms with E-state index < -0.39 is 0 Å². The topological polar surface area (TPSA) is 17.8 Å². The molecule has 1 aromatic carbocycles. The first-order valence-corrected chi connectivity index (χ1v) is 8.13. The molecule has 2 nitrogen and oxygen atoms in total. The van der Waals surface area contributed by atoms with Gasteiger partial charge < -0.3 is 0 Å². The third-order valence-electron chi connectivity index (χ3n) is 4.17. The van der Waals surface area contributed by atoms with Crippen LogP contribution in [0.4, 0.5) is 0 Å². The summed E-state index contributed by atoms with van der Waals surface area (Å²) in [5.74, 6) is 1.05. The second kappa shape index (κ2) is 7.11. The number of aryl methyl sites for hydroxylation is 3. The number of nitrogens with zero attached hydrogens (tertiary/aromatic N) is 2. The fourth-order valence-electron chi connectivity index (χ4n) is 2.93. The predicted octanol–water partition coefficient (Wildman–Crippen LogP) is 3.78. The zero-order valence-corrected chi connectivity index (χ0v) is 14.3. The molecule has 0 aliphatic carbocycles. The van der Waals surface area contributed by atoms with Gasteiger partial charge in [-0.15, -0.1) is 0 Å². The Kier molecular flexibility index (Phi) is 5.45. The van der Waals surface area contributed by atoms with Crippen LogP contribution in [-0.4, -0.2) is 9.55 Å². The van der Waals surface area contributed by atoms with Crippen LogP contribution >= 0.6 is 0 Å². The molecule has 0 amide bonds. The molecule has 0 spiro atoms. The quantitative estimate of drug-likeness (QED) is 0.765. The van der Waals surface area contributed by atoms with Crippen LogP contribution in [0.2, 0.25) is 0 Å². The first-order valence-electron chi connectivity index (χ1n) is 7.63. The standard InChI is InChI=1S/C18H23N2.Ni/c1-6-15-11-16(7-2)18(17(8-3)13(15)4)12-20-10-9-19-14(20)5;/h9-11H,6-8,12H2,1-3,5H3;. The monoisotopic (exact) mass is 325 g/mol. The van der Waals surface area contributed by atoms with E-state index in [1.165, 1.54) is 22.3 Å². The molecule has 0 N–H and O–H groups in total. The van der Waals surface area contributed by atoms with Gasteiger partial charge in [-0.25, -0.2) is 0 Å². The molecular formula is C18H23N2Ni. The molecule has 0 unspecified atom stereocenters. The van der Waals surface area contributed by atoms with Gasteiger partial charge in [0.25, 0.3) is 0 Å². The molecule has 0 saturated heterocycles. The van der Waals surface area contributed by atoms with E-state index in [-0.39, 0.29) is 0 Å². The van der Waals surface area contributed by atoms with Crippen molar-refractivity contribution in [2.45, 2.75) is 53.5 Å². The van der Waals surface area contributed by atoms with Crippen molar-refractivity contribution in [1.29, 1.82) is 0 Å². The first-order chi connectivity index (χ1) is 10.2. The van der Waals surface area contributed by atoms with Gasteiger partial charge in [-0.05, 0) is 0 Å². The summed E-state index contributed by atoms with van der Waals surface area (Å²) in [6.45, 7) is 9.54. The number of benzene rings is 1. The van der Waals surface area contributed by atoms with Crippen molar-refractivity contribution >= 4 is 0 Å². The van der Waals surface area contributed by atoms with Gasteiger partial charge in [0, 0.05) is 0 Å². The molecule has 0 bridgehead atoms. The molecule has 0 fully saturated rings. The van der Waals surface area contributed by atoms with E-state index in [9.17, 15) is 0 Å². The maximum absolute atomic E-state index is 4.86. The Morgan fingerprint density at radius 1 is 1.10 bits per heavy atom. The van der Waals surface area contributed by atoms with Crippen molar-refractivity contribution in [2.75, 3.05) is 0 Å². The van der Waals surface area contributed by atoms with E-state index in [0.29, 0.717) is 0 Å². The van der Waals surface area contributed by atoms with Gasteiger partial charge in [0.2, 0.25) is 0 Å². The summed E-state index contributed by atoms with van der Waals surface area (Å²) in [5, 5.41) is 0. The summed E-state index contributed by atoms with van der Waals surface area (Å²) < 4.78 is 2.20. The summed E-state index contributed by atoms with van der Waals surface area (Å²) in [6, 6.07) is 2.32. The molecule has 0 radical (unpaired) electrons. The van der Waals surface area contributed by atoms with Crippen LogP contribution in [-0.2, 0) is 40.6 Å². The zero-order chi connectivity index (χ0) is 15.4. The van der Waals surface area contributed by atoms with Crippen LogP contribution in [0, 0.1) is 11.7 Å². The Morgan fingerprint density at radius 3 is 2.29 bits per heavy atom. The van der Waals surface area contributed by atoms with E-state index in [0.717, 1.165) is 37.2 Å². The molecule has 3 heteroatoms. The normalized spacial score (nSPS) is 10.7. The van der Waals surface area contributed by atoms with Gasteiger partial charge in [0.1, 0.15) is 0 Å². The molecule has 21 heavy (non-hydrogen) atoms. The Bertz CT molecular complexity index is 677.